The van der Waals surface area contributed by atoms with Crippen molar-refractivity contribution in [1.29, 1.82) is 0 Å². The number of hydrogen-bond donors (Lipinski definition) is 4. The summed E-state index contributed by atoms with van der Waals surface area (Å²) in [6.45, 7) is 1.36. The zero-order chi connectivity index (χ0) is 20.0. The summed E-state index contributed by atoms with van der Waals surface area (Å²) in [5.74, 6) is -0.234. The van der Waals surface area contributed by atoms with Crippen LogP contribution in [0.15, 0.2) is 42.5 Å². The molecule has 0 fully saturated rings. The van der Waals surface area contributed by atoms with Gasteiger partial charge in [-0.25, -0.2) is 4.79 Å². The van der Waals surface area contributed by atoms with Crippen molar-refractivity contribution in [3.63, 3.8) is 0 Å². The van der Waals surface area contributed by atoms with Crippen molar-refractivity contribution in [2.75, 3.05) is 16.1 Å². The van der Waals surface area contributed by atoms with Gasteiger partial charge in [0.2, 0.25) is 5.91 Å². The molecule has 0 radical (unpaired) electrons. The SMILES string of the molecule is CC(=O)Nc1ccc(NC(=O)NNc2ccc([N+](=O)[O-])cc2[N+](=O)[O-])cc1. The van der Waals surface area contributed by atoms with Crippen molar-refractivity contribution in [2.45, 2.75) is 6.92 Å². The molecule has 4 N–H and O–H groups in total. The molecule has 0 saturated carbocycles. The van der Waals surface area contributed by atoms with E-state index in [-0.39, 0.29) is 11.6 Å². The number of nitro groups is 2. The predicted molar refractivity (Wildman–Crippen MR) is 96.3 cm³/mol. The second-order valence-electron chi connectivity index (χ2n) is 5.18. The van der Waals surface area contributed by atoms with Gasteiger partial charge in [-0.05, 0) is 30.3 Å². The smallest absolute Gasteiger partial charge is 0.326 e. The minimum atomic E-state index is -0.810. The number of nitrogens with zero attached hydrogens (tertiary/aromatic N) is 2. The van der Waals surface area contributed by atoms with E-state index in [0.29, 0.717) is 11.4 Å². The van der Waals surface area contributed by atoms with E-state index < -0.39 is 27.3 Å². The summed E-state index contributed by atoms with van der Waals surface area (Å²) in [6, 6.07) is 8.46. The Labute approximate surface area is 151 Å². The van der Waals surface area contributed by atoms with Gasteiger partial charge in [0.15, 0.2) is 0 Å². The standard InChI is InChI=1S/C15H14N6O6/c1-9(22)16-10-2-4-11(5-3-10)17-15(23)19-18-13-7-6-12(20(24)25)8-14(13)21(26)27/h2-8,18H,1H3,(H,16,22)(H2,17,19,23). The molecule has 0 aliphatic rings. The average Bonchev–Trinajstić information content (AvgIpc) is 2.61. The van der Waals surface area contributed by atoms with Crippen molar-refractivity contribution in [3.8, 4) is 0 Å². The van der Waals surface area contributed by atoms with Gasteiger partial charge < -0.3 is 10.6 Å². The van der Waals surface area contributed by atoms with E-state index in [2.05, 4.69) is 21.5 Å². The number of hydrogen-bond acceptors (Lipinski definition) is 7. The fourth-order valence-corrected chi connectivity index (χ4v) is 2.02. The molecule has 0 unspecified atom stereocenters. The highest BCUT2D eigenvalue weighted by molar-refractivity contribution is 5.92. The highest BCUT2D eigenvalue weighted by Gasteiger charge is 2.19. The van der Waals surface area contributed by atoms with Crippen LogP contribution in [0.2, 0.25) is 0 Å². The third-order valence-electron chi connectivity index (χ3n) is 3.16. The number of carbonyl (C=O) groups is 2. The molecule has 140 valence electrons. The van der Waals surface area contributed by atoms with E-state index in [4.69, 9.17) is 0 Å². The molecule has 0 aliphatic heterocycles. The van der Waals surface area contributed by atoms with Gasteiger partial charge >= 0.3 is 11.7 Å². The molecule has 2 aromatic carbocycles. The zero-order valence-electron chi connectivity index (χ0n) is 13.9. The summed E-state index contributed by atoms with van der Waals surface area (Å²) in [5, 5.41) is 26.8. The van der Waals surface area contributed by atoms with Gasteiger partial charge in [0.25, 0.3) is 5.69 Å². The van der Waals surface area contributed by atoms with Gasteiger partial charge in [-0.1, -0.05) is 0 Å². The fourth-order valence-electron chi connectivity index (χ4n) is 2.02. The van der Waals surface area contributed by atoms with Gasteiger partial charge in [0.1, 0.15) is 5.69 Å². The zero-order valence-corrected chi connectivity index (χ0v) is 13.9. The van der Waals surface area contributed by atoms with E-state index in [9.17, 15) is 29.8 Å². The third kappa shape index (κ3) is 5.38. The van der Waals surface area contributed by atoms with E-state index >= 15 is 0 Å². The van der Waals surface area contributed by atoms with Crippen molar-refractivity contribution in [2.24, 2.45) is 0 Å². The lowest BCUT2D eigenvalue weighted by atomic mass is 10.2. The first-order chi connectivity index (χ1) is 12.8. The molecular formula is C15H14N6O6. The number of nitro benzene ring substituents is 2. The van der Waals surface area contributed by atoms with Crippen LogP contribution in [0, 0.1) is 20.2 Å². The Bertz CT molecular complexity index is 898. The van der Waals surface area contributed by atoms with Crippen LogP contribution in [0.3, 0.4) is 0 Å². The fraction of sp³-hybridized carbons (Fsp3) is 0.0667. The van der Waals surface area contributed by atoms with Gasteiger partial charge in [0, 0.05) is 24.4 Å². The number of non-ortho nitro benzene ring substituents is 1. The molecule has 0 spiro atoms. The molecule has 27 heavy (non-hydrogen) atoms. The average molecular weight is 374 g/mol. The minimum Gasteiger partial charge on any atom is -0.326 e. The maximum atomic E-state index is 11.9. The summed E-state index contributed by atoms with van der Waals surface area (Å²) >= 11 is 0. The lowest BCUT2D eigenvalue weighted by Crippen LogP contribution is -2.33. The summed E-state index contributed by atoms with van der Waals surface area (Å²) < 4.78 is 0. The van der Waals surface area contributed by atoms with Crippen LogP contribution in [0.25, 0.3) is 0 Å². The summed E-state index contributed by atoms with van der Waals surface area (Å²) in [7, 11) is 0. The molecule has 12 nitrogen and oxygen atoms in total. The number of amides is 3. The van der Waals surface area contributed by atoms with E-state index in [1.807, 2.05) is 0 Å². The highest BCUT2D eigenvalue weighted by atomic mass is 16.6. The Morgan fingerprint density at radius 2 is 1.48 bits per heavy atom. The maximum absolute atomic E-state index is 11.9. The summed E-state index contributed by atoms with van der Waals surface area (Å²) in [5.41, 5.74) is 4.35. The Hall–Kier alpha value is -4.22. The molecule has 0 atom stereocenters. The van der Waals surface area contributed by atoms with Crippen LogP contribution in [-0.2, 0) is 4.79 Å². The Balaban J connectivity index is 2.00. The predicted octanol–water partition coefficient (Wildman–Crippen LogP) is 2.61. The van der Waals surface area contributed by atoms with Gasteiger partial charge in [0.05, 0.1) is 15.9 Å². The first-order valence-corrected chi connectivity index (χ1v) is 7.40. The normalized spacial score (nSPS) is 9.81. The Kier molecular flexibility index (Phi) is 5.83. The number of carbonyl (C=O) groups excluding carboxylic acids is 2. The summed E-state index contributed by atoms with van der Waals surface area (Å²) in [4.78, 5) is 43.0. The number of hydrazine groups is 1. The van der Waals surface area contributed by atoms with Crippen molar-refractivity contribution in [3.05, 3.63) is 62.7 Å². The second-order valence-corrected chi connectivity index (χ2v) is 5.18. The van der Waals surface area contributed by atoms with Gasteiger partial charge in [-0.15, -0.1) is 0 Å². The number of benzene rings is 2. The van der Waals surface area contributed by atoms with Crippen LogP contribution in [-0.4, -0.2) is 21.8 Å². The first-order valence-electron chi connectivity index (χ1n) is 7.40. The molecule has 0 aliphatic carbocycles. The van der Waals surface area contributed by atoms with Crippen LogP contribution in [0.5, 0.6) is 0 Å². The second kappa shape index (κ2) is 8.24. The summed E-state index contributed by atoms with van der Waals surface area (Å²) in [6.07, 6.45) is 0. The van der Waals surface area contributed by atoms with Gasteiger partial charge in [-0.2, -0.15) is 0 Å². The van der Waals surface area contributed by atoms with Crippen molar-refractivity contribution in [1.82, 2.24) is 5.43 Å². The van der Waals surface area contributed by atoms with E-state index in [1.54, 1.807) is 24.3 Å². The molecule has 0 saturated heterocycles. The lowest BCUT2D eigenvalue weighted by Gasteiger charge is -2.10. The maximum Gasteiger partial charge on any atom is 0.337 e. The molecular weight excluding hydrogens is 360 g/mol. The van der Waals surface area contributed by atoms with Crippen LogP contribution >= 0.6 is 0 Å². The number of rotatable bonds is 6. The van der Waals surface area contributed by atoms with E-state index in [1.165, 1.54) is 6.92 Å². The van der Waals surface area contributed by atoms with Crippen molar-refractivity contribution < 1.29 is 19.4 Å². The Morgan fingerprint density at radius 3 is 2.00 bits per heavy atom. The third-order valence-corrected chi connectivity index (χ3v) is 3.16. The largest absolute Gasteiger partial charge is 0.337 e. The molecule has 3 amide bonds. The minimum absolute atomic E-state index is 0.123. The van der Waals surface area contributed by atoms with Gasteiger partial charge in [-0.3, -0.25) is 35.9 Å². The molecule has 0 aromatic heterocycles. The molecule has 0 heterocycles. The number of nitrogens with one attached hydrogen (secondary N) is 4. The molecule has 2 rings (SSSR count). The number of urea groups is 1. The first kappa shape index (κ1) is 19.1. The quantitative estimate of drug-likeness (QED) is 0.445. The van der Waals surface area contributed by atoms with Crippen LogP contribution in [0.4, 0.5) is 33.2 Å². The topological polar surface area (TPSA) is 169 Å². The van der Waals surface area contributed by atoms with Crippen LogP contribution in [0.1, 0.15) is 6.92 Å². The molecule has 2 aromatic rings. The Morgan fingerprint density at radius 1 is 0.889 bits per heavy atom. The monoisotopic (exact) mass is 374 g/mol. The molecule has 0 bridgehead atoms. The molecule has 12 heteroatoms. The van der Waals surface area contributed by atoms with E-state index in [0.717, 1.165) is 18.2 Å². The number of anilines is 3. The lowest BCUT2D eigenvalue weighted by molar-refractivity contribution is -0.393. The highest BCUT2D eigenvalue weighted by Crippen LogP contribution is 2.28. The van der Waals surface area contributed by atoms with Crippen LogP contribution < -0.4 is 21.5 Å². The van der Waals surface area contributed by atoms with Crippen molar-refractivity contribution >= 4 is 40.4 Å².